The van der Waals surface area contributed by atoms with Crippen molar-refractivity contribution in [1.29, 1.82) is 0 Å². The molecule has 2 rings (SSSR count). The number of carbonyl (C=O) groups excluding carboxylic acids is 4. The second-order valence-corrected chi connectivity index (χ2v) is 7.95. The minimum absolute atomic E-state index is 0.264. The molecule has 7 nitrogen and oxygen atoms in total. The minimum atomic E-state index is -1.05. The van der Waals surface area contributed by atoms with Gasteiger partial charge >= 0.3 is 5.97 Å². The molecule has 1 N–H and O–H groups in total. The Kier molecular flexibility index (Phi) is 8.04. The molecule has 1 aliphatic heterocycles. The minimum Gasteiger partial charge on any atom is -0.454 e. The van der Waals surface area contributed by atoms with Crippen LogP contribution >= 0.6 is 11.8 Å². The molecule has 0 radical (unpaired) electrons. The quantitative estimate of drug-likeness (QED) is 0.473. The third-order valence-electron chi connectivity index (χ3n) is 4.39. The Morgan fingerprint density at radius 3 is 2.25 bits per heavy atom. The molecule has 0 unspecified atom stereocenters. The number of hydrogen-bond acceptors (Lipinski definition) is 6. The average molecular weight is 407 g/mol. The highest BCUT2D eigenvalue weighted by atomic mass is 32.2. The van der Waals surface area contributed by atoms with Gasteiger partial charge in [0, 0.05) is 6.54 Å². The summed E-state index contributed by atoms with van der Waals surface area (Å²) in [7, 11) is 0. The molecular weight excluding hydrogens is 380 g/mol. The summed E-state index contributed by atoms with van der Waals surface area (Å²) in [6, 6.07) is 5.42. The number of nitrogens with zero attached hydrogens (tertiary/aromatic N) is 1. The maximum Gasteiger partial charge on any atom is 0.329 e. The first kappa shape index (κ1) is 21.9. The molecule has 1 aromatic carbocycles. The third-order valence-corrected chi connectivity index (χ3v) is 5.04. The fourth-order valence-corrected chi connectivity index (χ4v) is 3.32. The van der Waals surface area contributed by atoms with E-state index in [-0.39, 0.29) is 17.5 Å². The lowest BCUT2D eigenvalue weighted by Gasteiger charge is -2.24. The van der Waals surface area contributed by atoms with Crippen molar-refractivity contribution in [2.75, 3.05) is 25.2 Å². The number of esters is 1. The summed E-state index contributed by atoms with van der Waals surface area (Å²) < 4.78 is 5.12. The van der Waals surface area contributed by atoms with E-state index in [1.807, 2.05) is 20.1 Å². The van der Waals surface area contributed by atoms with Gasteiger partial charge in [0.25, 0.3) is 17.7 Å². The Bertz CT molecular complexity index is 715. The van der Waals surface area contributed by atoms with Gasteiger partial charge in [-0.3, -0.25) is 19.3 Å². The fraction of sp³-hybridized carbons (Fsp3) is 0.500. The Hall–Kier alpha value is -2.35. The molecule has 0 saturated carbocycles. The van der Waals surface area contributed by atoms with Gasteiger partial charge in [0.15, 0.2) is 6.61 Å². The number of imide groups is 1. The normalized spacial score (nSPS) is 14.2. The Morgan fingerprint density at radius 2 is 1.71 bits per heavy atom. The van der Waals surface area contributed by atoms with Gasteiger partial charge in [0.05, 0.1) is 11.1 Å². The molecule has 0 aromatic heterocycles. The molecule has 1 heterocycles. The van der Waals surface area contributed by atoms with Crippen LogP contribution in [0, 0.1) is 5.92 Å². The Balaban J connectivity index is 2.03. The first-order valence-electron chi connectivity index (χ1n) is 9.26. The number of amides is 3. The molecular formula is C20H26N2O5S. The van der Waals surface area contributed by atoms with E-state index in [4.69, 9.17) is 4.74 Å². The van der Waals surface area contributed by atoms with Gasteiger partial charge in [0.2, 0.25) is 0 Å². The number of thioether (sulfide) groups is 1. The van der Waals surface area contributed by atoms with Crippen LogP contribution in [-0.2, 0) is 14.3 Å². The molecule has 8 heteroatoms. The summed E-state index contributed by atoms with van der Waals surface area (Å²) in [5.41, 5.74) is 0.557. The van der Waals surface area contributed by atoms with E-state index >= 15 is 0 Å². The van der Waals surface area contributed by atoms with Crippen LogP contribution in [0.15, 0.2) is 24.3 Å². The van der Waals surface area contributed by atoms with Gasteiger partial charge in [0.1, 0.15) is 6.04 Å². The second-order valence-electron chi connectivity index (χ2n) is 6.96. The monoisotopic (exact) mass is 406 g/mol. The van der Waals surface area contributed by atoms with Gasteiger partial charge in [-0.15, -0.1) is 0 Å². The lowest BCUT2D eigenvalue weighted by molar-refractivity contribution is -0.152. The number of nitrogens with one attached hydrogen (secondary N) is 1. The SMILES string of the molecule is CSCC[C@H](C(=O)OCC(=O)NCCC(C)C)N1C(=O)c2ccccc2C1=O. The van der Waals surface area contributed by atoms with Gasteiger partial charge in [-0.2, -0.15) is 11.8 Å². The average Bonchev–Trinajstić information content (AvgIpc) is 2.92. The zero-order chi connectivity index (χ0) is 20.7. The summed E-state index contributed by atoms with van der Waals surface area (Å²) in [5, 5.41) is 2.68. The standard InChI is InChI=1S/C20H26N2O5S/c1-13(2)8-10-21-17(23)12-27-20(26)16(9-11-28-3)22-18(24)14-6-4-5-7-15(14)19(22)25/h4-7,13,16H,8-12H2,1-3H3,(H,21,23)/t16-/m1/s1. The van der Waals surface area contributed by atoms with Crippen molar-refractivity contribution in [1.82, 2.24) is 10.2 Å². The molecule has 28 heavy (non-hydrogen) atoms. The van der Waals surface area contributed by atoms with Crippen molar-refractivity contribution < 1.29 is 23.9 Å². The lowest BCUT2D eigenvalue weighted by Crippen LogP contribution is -2.46. The van der Waals surface area contributed by atoms with Crippen molar-refractivity contribution >= 4 is 35.5 Å². The van der Waals surface area contributed by atoms with Gasteiger partial charge in [-0.25, -0.2) is 4.79 Å². The third kappa shape index (κ3) is 5.34. The number of rotatable bonds is 10. The summed E-state index contributed by atoms with van der Waals surface area (Å²) in [6.07, 6.45) is 2.96. The van der Waals surface area contributed by atoms with Crippen molar-refractivity contribution in [2.24, 2.45) is 5.92 Å². The number of benzene rings is 1. The predicted molar refractivity (Wildman–Crippen MR) is 107 cm³/mol. The van der Waals surface area contributed by atoms with Crippen LogP contribution in [-0.4, -0.2) is 59.8 Å². The molecule has 3 amide bonds. The fourth-order valence-electron chi connectivity index (χ4n) is 2.86. The van der Waals surface area contributed by atoms with Crippen molar-refractivity contribution in [2.45, 2.75) is 32.7 Å². The van der Waals surface area contributed by atoms with Crippen molar-refractivity contribution in [3.63, 3.8) is 0 Å². The van der Waals surface area contributed by atoms with Crippen LogP contribution < -0.4 is 5.32 Å². The number of ether oxygens (including phenoxy) is 1. The Labute approximate surface area is 169 Å². The molecule has 1 atom stereocenters. The van der Waals surface area contributed by atoms with Crippen LogP contribution in [0.25, 0.3) is 0 Å². The highest BCUT2D eigenvalue weighted by molar-refractivity contribution is 7.98. The summed E-state index contributed by atoms with van der Waals surface area (Å²) >= 11 is 1.49. The van der Waals surface area contributed by atoms with Crippen molar-refractivity contribution in [3.05, 3.63) is 35.4 Å². The smallest absolute Gasteiger partial charge is 0.329 e. The second kappa shape index (κ2) is 10.3. The topological polar surface area (TPSA) is 92.8 Å². The van der Waals surface area contributed by atoms with Gasteiger partial charge in [-0.05, 0) is 42.9 Å². The van der Waals surface area contributed by atoms with E-state index in [2.05, 4.69) is 5.32 Å². The maximum atomic E-state index is 12.7. The van der Waals surface area contributed by atoms with Gasteiger partial charge in [-0.1, -0.05) is 26.0 Å². The molecule has 0 spiro atoms. The molecule has 0 bridgehead atoms. The highest BCUT2D eigenvalue weighted by Crippen LogP contribution is 2.26. The first-order chi connectivity index (χ1) is 13.4. The summed E-state index contributed by atoms with van der Waals surface area (Å²) in [5.74, 6) is -1.15. The zero-order valence-electron chi connectivity index (χ0n) is 16.4. The molecule has 1 aliphatic rings. The van der Waals surface area contributed by atoms with E-state index in [9.17, 15) is 19.2 Å². The van der Waals surface area contributed by atoms with Crippen LogP contribution in [0.3, 0.4) is 0 Å². The largest absolute Gasteiger partial charge is 0.454 e. The van der Waals surface area contributed by atoms with Crippen LogP contribution in [0.2, 0.25) is 0 Å². The number of fused-ring (bicyclic) bond motifs is 1. The molecule has 1 aromatic rings. The van der Waals surface area contributed by atoms with E-state index in [1.165, 1.54) is 11.8 Å². The summed E-state index contributed by atoms with van der Waals surface area (Å²) in [4.78, 5) is 50.8. The van der Waals surface area contributed by atoms with Crippen LogP contribution in [0.1, 0.15) is 47.4 Å². The molecule has 0 fully saturated rings. The summed E-state index contributed by atoms with van der Waals surface area (Å²) in [6.45, 7) is 4.16. The predicted octanol–water partition coefficient (Wildman–Crippen LogP) is 2.11. The van der Waals surface area contributed by atoms with Crippen LogP contribution in [0.4, 0.5) is 0 Å². The van der Waals surface area contributed by atoms with E-state index in [0.717, 1.165) is 11.3 Å². The maximum absolute atomic E-state index is 12.7. The highest BCUT2D eigenvalue weighted by Gasteiger charge is 2.43. The van der Waals surface area contributed by atoms with Crippen LogP contribution in [0.5, 0.6) is 0 Å². The van der Waals surface area contributed by atoms with Crippen molar-refractivity contribution in [3.8, 4) is 0 Å². The zero-order valence-corrected chi connectivity index (χ0v) is 17.2. The van der Waals surface area contributed by atoms with E-state index in [1.54, 1.807) is 24.3 Å². The lowest BCUT2D eigenvalue weighted by atomic mass is 10.1. The Morgan fingerprint density at radius 1 is 1.11 bits per heavy atom. The number of hydrogen-bond donors (Lipinski definition) is 1. The number of carbonyl (C=O) groups is 4. The van der Waals surface area contributed by atoms with E-state index in [0.29, 0.717) is 18.2 Å². The van der Waals surface area contributed by atoms with E-state index < -0.39 is 36.3 Å². The first-order valence-corrected chi connectivity index (χ1v) is 10.6. The molecule has 0 aliphatic carbocycles. The molecule has 152 valence electrons. The molecule has 0 saturated heterocycles. The van der Waals surface area contributed by atoms with Gasteiger partial charge < -0.3 is 10.1 Å².